The number of alkyl halides is 3. The van der Waals surface area contributed by atoms with Gasteiger partial charge in [-0.25, -0.2) is 0 Å². The third kappa shape index (κ3) is 4.92. The fourth-order valence-electron chi connectivity index (χ4n) is 0.945. The van der Waals surface area contributed by atoms with E-state index in [-0.39, 0.29) is 37.2 Å². The van der Waals surface area contributed by atoms with Gasteiger partial charge in [-0.15, -0.1) is 37.2 Å². The van der Waals surface area contributed by atoms with Crippen LogP contribution in [0.1, 0.15) is 15.9 Å². The molecule has 1 amide bonds. The minimum Gasteiger partial charge on any atom is -0.366 e. The van der Waals surface area contributed by atoms with E-state index >= 15 is 0 Å². The van der Waals surface area contributed by atoms with Crippen LogP contribution in [0, 0.1) is 0 Å². The highest BCUT2D eigenvalue weighted by Gasteiger charge is 2.34. The fraction of sp³-hybridized carbons (Fsp3) is 0.125. The molecule has 1 rings (SSSR count). The topological polar surface area (TPSA) is 43.1 Å². The average Bonchev–Trinajstić information content (AvgIpc) is 2.03. The summed E-state index contributed by atoms with van der Waals surface area (Å²) in [4.78, 5) is 10.6. The molecule has 0 atom stereocenters. The normalized spacial score (nSPS) is 9.19. The number of primary amides is 1. The van der Waals surface area contributed by atoms with Crippen LogP contribution < -0.4 is 5.73 Å². The number of rotatable bonds is 1. The summed E-state index contributed by atoms with van der Waals surface area (Å²) in [5, 5.41) is 0. The maximum atomic E-state index is 12.2. The van der Waals surface area contributed by atoms with Crippen molar-refractivity contribution in [2.75, 3.05) is 0 Å². The molecule has 2 N–H and O–H groups in total. The molecule has 0 unspecified atom stereocenters. The van der Waals surface area contributed by atoms with Gasteiger partial charge in [0.2, 0.25) is 5.91 Å². The summed E-state index contributed by atoms with van der Waals surface area (Å²) in [7, 11) is 0. The Morgan fingerprint density at radius 1 is 1.06 bits per heavy atom. The van der Waals surface area contributed by atoms with Crippen LogP contribution >= 0.6 is 37.2 Å². The van der Waals surface area contributed by atoms with Gasteiger partial charge in [-0.2, -0.15) is 13.2 Å². The van der Waals surface area contributed by atoms with Crippen LogP contribution in [0.5, 0.6) is 0 Å². The standard InChI is InChI=1S/C8H6F3NO.3ClH/c9-8(10,11)6-4-2-1-3-5(6)7(12)13;;;/h1-4H,(H2,12,13);3*1H. The highest BCUT2D eigenvalue weighted by atomic mass is 35.5. The monoisotopic (exact) mass is 297 g/mol. The van der Waals surface area contributed by atoms with Gasteiger partial charge >= 0.3 is 6.18 Å². The summed E-state index contributed by atoms with van der Waals surface area (Å²) in [6, 6.07) is 4.40. The largest absolute Gasteiger partial charge is 0.417 e. The van der Waals surface area contributed by atoms with E-state index in [4.69, 9.17) is 5.73 Å². The first kappa shape index (κ1) is 20.7. The number of amides is 1. The van der Waals surface area contributed by atoms with E-state index in [0.29, 0.717) is 0 Å². The molecule has 1 aromatic rings. The molecule has 0 aliphatic heterocycles. The minimum absolute atomic E-state index is 0. The molecule has 0 fully saturated rings. The van der Waals surface area contributed by atoms with Crippen LogP contribution in [0.4, 0.5) is 13.2 Å². The predicted molar refractivity (Wildman–Crippen MR) is 61.7 cm³/mol. The van der Waals surface area contributed by atoms with Crippen molar-refractivity contribution in [1.29, 1.82) is 0 Å². The van der Waals surface area contributed by atoms with E-state index in [9.17, 15) is 18.0 Å². The maximum Gasteiger partial charge on any atom is 0.417 e. The van der Waals surface area contributed by atoms with Crippen molar-refractivity contribution in [2.24, 2.45) is 5.73 Å². The van der Waals surface area contributed by atoms with Crippen LogP contribution in [0.25, 0.3) is 0 Å². The summed E-state index contributed by atoms with van der Waals surface area (Å²) < 4.78 is 36.6. The summed E-state index contributed by atoms with van der Waals surface area (Å²) in [6.45, 7) is 0. The zero-order chi connectivity index (χ0) is 10.1. The lowest BCUT2D eigenvalue weighted by Crippen LogP contribution is -2.18. The van der Waals surface area contributed by atoms with Crippen molar-refractivity contribution in [3.8, 4) is 0 Å². The number of carbonyl (C=O) groups is 1. The molecule has 0 radical (unpaired) electrons. The van der Waals surface area contributed by atoms with Crippen LogP contribution in [0.2, 0.25) is 0 Å². The molecule has 2 nitrogen and oxygen atoms in total. The second kappa shape index (κ2) is 7.60. The molecular formula is C8H9Cl3F3NO. The van der Waals surface area contributed by atoms with Gasteiger partial charge < -0.3 is 5.73 Å². The SMILES string of the molecule is Cl.Cl.Cl.NC(=O)c1ccccc1C(F)(F)F. The third-order valence-corrected chi connectivity index (χ3v) is 1.50. The number of benzene rings is 1. The first-order valence-electron chi connectivity index (χ1n) is 3.39. The average molecular weight is 299 g/mol. The second-order valence-electron chi connectivity index (χ2n) is 2.41. The van der Waals surface area contributed by atoms with Crippen molar-refractivity contribution >= 4 is 43.1 Å². The van der Waals surface area contributed by atoms with Gasteiger partial charge in [0.25, 0.3) is 0 Å². The highest BCUT2D eigenvalue weighted by molar-refractivity contribution is 5.94. The van der Waals surface area contributed by atoms with Gasteiger partial charge in [0.1, 0.15) is 0 Å². The third-order valence-electron chi connectivity index (χ3n) is 1.50. The lowest BCUT2D eigenvalue weighted by Gasteiger charge is -2.09. The van der Waals surface area contributed by atoms with Crippen molar-refractivity contribution in [3.63, 3.8) is 0 Å². The lowest BCUT2D eigenvalue weighted by atomic mass is 10.1. The van der Waals surface area contributed by atoms with E-state index in [1.807, 2.05) is 0 Å². The quantitative estimate of drug-likeness (QED) is 0.850. The molecular weight excluding hydrogens is 289 g/mol. The highest BCUT2D eigenvalue weighted by Crippen LogP contribution is 2.31. The van der Waals surface area contributed by atoms with Crippen molar-refractivity contribution in [1.82, 2.24) is 0 Å². The van der Waals surface area contributed by atoms with Gasteiger partial charge in [-0.1, -0.05) is 12.1 Å². The number of hydrogen-bond acceptors (Lipinski definition) is 1. The number of carbonyl (C=O) groups excluding carboxylic acids is 1. The van der Waals surface area contributed by atoms with Gasteiger partial charge in [0.05, 0.1) is 11.1 Å². The molecule has 8 heteroatoms. The van der Waals surface area contributed by atoms with Gasteiger partial charge in [0.15, 0.2) is 0 Å². The van der Waals surface area contributed by atoms with Crippen LogP contribution in [0.15, 0.2) is 24.3 Å². The minimum atomic E-state index is -4.54. The smallest absolute Gasteiger partial charge is 0.366 e. The fourth-order valence-corrected chi connectivity index (χ4v) is 0.945. The Morgan fingerprint density at radius 2 is 1.50 bits per heavy atom. The molecule has 16 heavy (non-hydrogen) atoms. The Hall–Kier alpha value is -0.650. The van der Waals surface area contributed by atoms with Crippen LogP contribution in [-0.4, -0.2) is 5.91 Å². The number of halogens is 6. The molecule has 0 heterocycles. The first-order valence-corrected chi connectivity index (χ1v) is 3.39. The van der Waals surface area contributed by atoms with E-state index in [1.165, 1.54) is 12.1 Å². The zero-order valence-electron chi connectivity index (χ0n) is 7.65. The van der Waals surface area contributed by atoms with Crippen molar-refractivity contribution < 1.29 is 18.0 Å². The van der Waals surface area contributed by atoms with E-state index < -0.39 is 23.2 Å². The maximum absolute atomic E-state index is 12.2. The summed E-state index contributed by atoms with van der Waals surface area (Å²) in [6.07, 6.45) is -4.54. The molecule has 0 aliphatic rings. The molecule has 0 saturated carbocycles. The van der Waals surface area contributed by atoms with E-state index in [1.54, 1.807) is 0 Å². The molecule has 1 aromatic carbocycles. The summed E-state index contributed by atoms with van der Waals surface area (Å²) in [5.74, 6) is -1.08. The predicted octanol–water partition coefficient (Wildman–Crippen LogP) is 3.07. The molecule has 0 saturated heterocycles. The number of nitrogens with two attached hydrogens (primary N) is 1. The molecule has 0 aliphatic carbocycles. The molecule has 0 aromatic heterocycles. The van der Waals surface area contributed by atoms with Crippen LogP contribution in [-0.2, 0) is 6.18 Å². The second-order valence-corrected chi connectivity index (χ2v) is 2.41. The van der Waals surface area contributed by atoms with Crippen molar-refractivity contribution in [3.05, 3.63) is 35.4 Å². The van der Waals surface area contributed by atoms with E-state index in [2.05, 4.69) is 0 Å². The van der Waals surface area contributed by atoms with Gasteiger partial charge in [0, 0.05) is 0 Å². The lowest BCUT2D eigenvalue weighted by molar-refractivity contribution is -0.137. The zero-order valence-corrected chi connectivity index (χ0v) is 10.1. The Morgan fingerprint density at radius 3 is 1.81 bits per heavy atom. The van der Waals surface area contributed by atoms with Crippen LogP contribution in [0.3, 0.4) is 0 Å². The molecule has 94 valence electrons. The summed E-state index contributed by atoms with van der Waals surface area (Å²) in [5.41, 5.74) is 3.27. The Bertz CT molecular complexity index is 344. The van der Waals surface area contributed by atoms with Gasteiger partial charge in [-0.3, -0.25) is 4.79 Å². The summed E-state index contributed by atoms with van der Waals surface area (Å²) >= 11 is 0. The van der Waals surface area contributed by atoms with Gasteiger partial charge in [-0.05, 0) is 12.1 Å². The molecule has 0 bridgehead atoms. The Balaban J connectivity index is -0.000000563. The Kier molecular flexibility index (Phi) is 9.84. The first-order chi connectivity index (χ1) is 5.93. The van der Waals surface area contributed by atoms with Crippen molar-refractivity contribution in [2.45, 2.75) is 6.18 Å². The molecule has 0 spiro atoms. The van der Waals surface area contributed by atoms with E-state index in [0.717, 1.165) is 12.1 Å². The Labute approximate surface area is 109 Å². The number of hydrogen-bond donors (Lipinski definition) is 1.